The van der Waals surface area contributed by atoms with Crippen molar-refractivity contribution < 1.29 is 10.2 Å². The van der Waals surface area contributed by atoms with Gasteiger partial charge in [0.1, 0.15) is 0 Å². The van der Waals surface area contributed by atoms with Crippen LogP contribution in [0.1, 0.15) is 12.1 Å². The highest BCUT2D eigenvalue weighted by Crippen LogP contribution is 2.30. The second-order valence-corrected chi connectivity index (χ2v) is 4.45. The van der Waals surface area contributed by atoms with Gasteiger partial charge in [-0.2, -0.15) is 0 Å². The van der Waals surface area contributed by atoms with Crippen LogP contribution in [0, 0.1) is 0 Å². The zero-order valence-corrected chi connectivity index (χ0v) is 10.7. The number of rotatable bonds is 3. The van der Waals surface area contributed by atoms with Crippen molar-refractivity contribution in [3.63, 3.8) is 0 Å². The minimum absolute atomic E-state index is 0.141. The summed E-state index contributed by atoms with van der Waals surface area (Å²) in [5.41, 5.74) is 3.36. The van der Waals surface area contributed by atoms with E-state index in [0.29, 0.717) is 5.69 Å². The molecule has 20 heavy (non-hydrogen) atoms. The third-order valence-corrected chi connectivity index (χ3v) is 3.08. The number of nitrogens with one attached hydrogen (secondary N) is 1. The topological polar surface area (TPSA) is 69.1 Å². The van der Waals surface area contributed by atoms with Gasteiger partial charge in [0.25, 0.3) is 0 Å². The van der Waals surface area contributed by atoms with Gasteiger partial charge in [-0.25, -0.2) is 4.98 Å². The molecular weight excluding hydrogens is 252 g/mol. The first kappa shape index (κ1) is 12.6. The fourth-order valence-corrected chi connectivity index (χ4v) is 2.13. The molecule has 0 atom stereocenters. The predicted octanol–water partition coefficient (Wildman–Crippen LogP) is 2.73. The molecule has 0 saturated heterocycles. The molecule has 3 aromatic rings. The number of nitrogens with zero attached hydrogens (tertiary/aromatic N) is 1. The first-order valence-corrected chi connectivity index (χ1v) is 6.32. The molecule has 2 aromatic carbocycles. The molecule has 1 heterocycles. The lowest BCUT2D eigenvalue weighted by Crippen LogP contribution is -1.96. The van der Waals surface area contributed by atoms with Gasteiger partial charge in [0.2, 0.25) is 6.29 Å². The smallest absolute Gasteiger partial charge is 0.212 e. The standard InChI is InChI=1S/C16H14N2O2/c19-16(20)15-17-13(11-7-3-1-4-8-11)14(18-15)12-9-5-2-6-10-12/h1-10,16,19-20H,(H,17,18). The van der Waals surface area contributed by atoms with E-state index in [1.807, 2.05) is 60.7 Å². The maximum Gasteiger partial charge on any atom is 0.212 e. The summed E-state index contributed by atoms with van der Waals surface area (Å²) in [6.07, 6.45) is -1.62. The first-order valence-electron chi connectivity index (χ1n) is 6.32. The first-order chi connectivity index (χ1) is 9.75. The van der Waals surface area contributed by atoms with Gasteiger partial charge in [-0.15, -0.1) is 0 Å². The van der Waals surface area contributed by atoms with Crippen molar-refractivity contribution in [2.75, 3.05) is 0 Å². The van der Waals surface area contributed by atoms with Crippen LogP contribution in [-0.4, -0.2) is 20.2 Å². The lowest BCUT2D eigenvalue weighted by Gasteiger charge is -2.02. The van der Waals surface area contributed by atoms with E-state index in [1.54, 1.807) is 0 Å². The monoisotopic (exact) mass is 266 g/mol. The average molecular weight is 266 g/mol. The van der Waals surface area contributed by atoms with Crippen molar-refractivity contribution >= 4 is 0 Å². The predicted molar refractivity (Wildman–Crippen MR) is 76.6 cm³/mol. The van der Waals surface area contributed by atoms with Gasteiger partial charge >= 0.3 is 0 Å². The summed E-state index contributed by atoms with van der Waals surface area (Å²) in [6.45, 7) is 0. The highest BCUT2D eigenvalue weighted by Gasteiger charge is 2.16. The van der Waals surface area contributed by atoms with E-state index in [-0.39, 0.29) is 5.82 Å². The highest BCUT2D eigenvalue weighted by molar-refractivity contribution is 5.78. The van der Waals surface area contributed by atoms with Crippen molar-refractivity contribution in [2.45, 2.75) is 6.29 Å². The van der Waals surface area contributed by atoms with Gasteiger partial charge < -0.3 is 15.2 Å². The minimum Gasteiger partial charge on any atom is -0.362 e. The van der Waals surface area contributed by atoms with Gasteiger partial charge in [0.05, 0.1) is 11.4 Å². The van der Waals surface area contributed by atoms with Crippen molar-refractivity contribution in [1.82, 2.24) is 9.97 Å². The summed E-state index contributed by atoms with van der Waals surface area (Å²) in [7, 11) is 0. The van der Waals surface area contributed by atoms with Crippen molar-refractivity contribution in [1.29, 1.82) is 0 Å². The fraction of sp³-hybridized carbons (Fsp3) is 0.0625. The van der Waals surface area contributed by atoms with Gasteiger partial charge in [0.15, 0.2) is 5.82 Å². The van der Waals surface area contributed by atoms with Crippen molar-refractivity contribution in [2.24, 2.45) is 0 Å². The largest absolute Gasteiger partial charge is 0.362 e. The number of hydrogen-bond acceptors (Lipinski definition) is 3. The van der Waals surface area contributed by atoms with E-state index in [0.717, 1.165) is 16.8 Å². The molecule has 100 valence electrons. The number of aliphatic hydroxyl groups is 2. The quantitative estimate of drug-likeness (QED) is 0.638. The molecule has 0 aliphatic heterocycles. The average Bonchev–Trinajstić information content (AvgIpc) is 2.94. The molecule has 3 rings (SSSR count). The molecule has 0 spiro atoms. The number of H-pyrrole nitrogens is 1. The molecule has 4 nitrogen and oxygen atoms in total. The van der Waals surface area contributed by atoms with Crippen LogP contribution in [0.15, 0.2) is 60.7 Å². The van der Waals surface area contributed by atoms with Crippen LogP contribution in [0.2, 0.25) is 0 Å². The number of benzene rings is 2. The lowest BCUT2D eigenvalue weighted by molar-refractivity contribution is -0.0487. The summed E-state index contributed by atoms with van der Waals surface area (Å²) >= 11 is 0. The molecule has 0 radical (unpaired) electrons. The van der Waals surface area contributed by atoms with Crippen LogP contribution in [0.5, 0.6) is 0 Å². The summed E-state index contributed by atoms with van der Waals surface area (Å²) in [5.74, 6) is 0.141. The van der Waals surface area contributed by atoms with Crippen LogP contribution in [0.25, 0.3) is 22.5 Å². The number of imidazole rings is 1. The van der Waals surface area contributed by atoms with Gasteiger partial charge in [-0.3, -0.25) is 0 Å². The Morgan fingerprint density at radius 2 is 1.35 bits per heavy atom. The van der Waals surface area contributed by atoms with E-state index >= 15 is 0 Å². The maximum atomic E-state index is 9.32. The Morgan fingerprint density at radius 1 is 0.800 bits per heavy atom. The summed E-state index contributed by atoms with van der Waals surface area (Å²) in [4.78, 5) is 7.29. The van der Waals surface area contributed by atoms with Gasteiger partial charge in [0, 0.05) is 11.1 Å². The Labute approximate surface area is 116 Å². The van der Waals surface area contributed by atoms with Crippen LogP contribution >= 0.6 is 0 Å². The Morgan fingerprint density at radius 3 is 1.90 bits per heavy atom. The van der Waals surface area contributed by atoms with E-state index in [4.69, 9.17) is 0 Å². The Bertz CT molecular complexity index is 634. The zero-order chi connectivity index (χ0) is 13.9. The van der Waals surface area contributed by atoms with Crippen molar-refractivity contribution in [3.8, 4) is 22.5 Å². The normalized spacial score (nSPS) is 10.9. The third kappa shape index (κ3) is 2.34. The van der Waals surface area contributed by atoms with Gasteiger partial charge in [-0.1, -0.05) is 60.7 Å². The number of aromatic amines is 1. The van der Waals surface area contributed by atoms with Crippen LogP contribution in [0.4, 0.5) is 0 Å². The molecule has 0 aliphatic carbocycles. The summed E-state index contributed by atoms with van der Waals surface area (Å²) < 4.78 is 0. The van der Waals surface area contributed by atoms with Crippen LogP contribution < -0.4 is 0 Å². The number of aromatic nitrogens is 2. The van der Waals surface area contributed by atoms with Crippen LogP contribution in [0.3, 0.4) is 0 Å². The molecule has 0 bridgehead atoms. The fourth-order valence-electron chi connectivity index (χ4n) is 2.13. The lowest BCUT2D eigenvalue weighted by atomic mass is 10.1. The summed E-state index contributed by atoms with van der Waals surface area (Å²) in [6, 6.07) is 19.4. The van der Waals surface area contributed by atoms with E-state index in [2.05, 4.69) is 9.97 Å². The molecule has 3 N–H and O–H groups in total. The molecule has 1 aromatic heterocycles. The maximum absolute atomic E-state index is 9.32. The Balaban J connectivity index is 2.18. The van der Waals surface area contributed by atoms with Crippen molar-refractivity contribution in [3.05, 3.63) is 66.5 Å². The third-order valence-electron chi connectivity index (χ3n) is 3.08. The minimum atomic E-state index is -1.62. The van der Waals surface area contributed by atoms with Crippen LogP contribution in [-0.2, 0) is 0 Å². The van der Waals surface area contributed by atoms with E-state index < -0.39 is 6.29 Å². The van der Waals surface area contributed by atoms with Gasteiger partial charge in [-0.05, 0) is 0 Å². The number of aliphatic hydroxyl groups excluding tert-OH is 1. The SMILES string of the molecule is OC(O)c1nc(-c2ccccc2)c(-c2ccccc2)[nH]1. The Hall–Kier alpha value is -2.43. The van der Waals surface area contributed by atoms with E-state index in [1.165, 1.54) is 0 Å². The second kappa shape index (κ2) is 5.28. The molecule has 4 heteroatoms. The zero-order valence-electron chi connectivity index (χ0n) is 10.7. The molecular formula is C16H14N2O2. The number of hydrogen-bond donors (Lipinski definition) is 3. The molecule has 0 saturated carbocycles. The van der Waals surface area contributed by atoms with E-state index in [9.17, 15) is 10.2 Å². The molecule has 0 unspecified atom stereocenters. The second-order valence-electron chi connectivity index (χ2n) is 4.45. The Kier molecular flexibility index (Phi) is 3.33. The molecule has 0 fully saturated rings. The molecule has 0 aliphatic rings. The molecule has 0 amide bonds. The highest BCUT2D eigenvalue weighted by atomic mass is 16.5. The summed E-state index contributed by atoms with van der Waals surface area (Å²) in [5, 5.41) is 18.6.